The number of aryl methyl sites for hydroxylation is 1. The zero-order chi connectivity index (χ0) is 12.3. The molecular formula is C13H19N3O. The Morgan fingerprint density at radius 3 is 3.12 bits per heavy atom. The van der Waals surface area contributed by atoms with Crippen LogP contribution in [0, 0.1) is 12.8 Å². The number of nitrogens with zero attached hydrogens (tertiary/aromatic N) is 1. The van der Waals surface area contributed by atoms with E-state index in [1.165, 1.54) is 0 Å². The summed E-state index contributed by atoms with van der Waals surface area (Å²) in [5, 5.41) is 6.28. The van der Waals surface area contributed by atoms with Crippen LogP contribution >= 0.6 is 0 Å². The quantitative estimate of drug-likeness (QED) is 0.819. The lowest BCUT2D eigenvalue weighted by atomic mass is 10.0. The Bertz CT molecular complexity index is 405. The van der Waals surface area contributed by atoms with E-state index in [1.54, 1.807) is 6.20 Å². The summed E-state index contributed by atoms with van der Waals surface area (Å²) in [5.41, 5.74) is 2.25. The van der Waals surface area contributed by atoms with Crippen molar-refractivity contribution in [2.45, 2.75) is 32.9 Å². The van der Waals surface area contributed by atoms with Crippen molar-refractivity contribution in [3.05, 3.63) is 29.6 Å². The van der Waals surface area contributed by atoms with Crippen LogP contribution in [0.1, 0.15) is 24.5 Å². The summed E-state index contributed by atoms with van der Waals surface area (Å²) in [4.78, 5) is 16.0. The Kier molecular flexibility index (Phi) is 3.74. The molecule has 1 aliphatic rings. The number of pyridine rings is 1. The van der Waals surface area contributed by atoms with Crippen LogP contribution in [-0.2, 0) is 11.3 Å². The lowest BCUT2D eigenvalue weighted by Crippen LogP contribution is -2.36. The fraction of sp³-hybridized carbons (Fsp3) is 0.538. The molecule has 2 heterocycles. The van der Waals surface area contributed by atoms with Gasteiger partial charge in [-0.15, -0.1) is 0 Å². The van der Waals surface area contributed by atoms with Crippen LogP contribution < -0.4 is 10.6 Å². The van der Waals surface area contributed by atoms with Crippen molar-refractivity contribution < 1.29 is 4.79 Å². The monoisotopic (exact) mass is 233 g/mol. The van der Waals surface area contributed by atoms with Crippen LogP contribution in [0.5, 0.6) is 0 Å². The standard InChI is InChI=1S/C13H19N3O/c1-9-3-5-14-7-11(9)8-16-13(17)12-4-6-15-10(12)2/h3,5,7,10,12,15H,4,6,8H2,1-2H3,(H,16,17). The highest BCUT2D eigenvalue weighted by molar-refractivity contribution is 5.79. The fourth-order valence-electron chi connectivity index (χ4n) is 2.21. The number of carbonyl (C=O) groups is 1. The zero-order valence-corrected chi connectivity index (χ0v) is 10.4. The molecule has 2 atom stereocenters. The van der Waals surface area contributed by atoms with Gasteiger partial charge in [0.15, 0.2) is 0 Å². The van der Waals surface area contributed by atoms with E-state index in [0.717, 1.165) is 24.1 Å². The van der Waals surface area contributed by atoms with Crippen molar-refractivity contribution >= 4 is 5.91 Å². The molecule has 1 aromatic rings. The molecule has 17 heavy (non-hydrogen) atoms. The first kappa shape index (κ1) is 12.0. The number of aromatic nitrogens is 1. The van der Waals surface area contributed by atoms with Crippen LogP contribution in [0.2, 0.25) is 0 Å². The number of amides is 1. The molecule has 0 aromatic carbocycles. The largest absolute Gasteiger partial charge is 0.352 e. The third-order valence-electron chi connectivity index (χ3n) is 3.46. The molecule has 1 saturated heterocycles. The second kappa shape index (κ2) is 5.27. The van der Waals surface area contributed by atoms with Crippen molar-refractivity contribution in [1.29, 1.82) is 0 Å². The Hall–Kier alpha value is -1.42. The van der Waals surface area contributed by atoms with Crippen molar-refractivity contribution in [2.75, 3.05) is 6.54 Å². The second-order valence-corrected chi connectivity index (χ2v) is 4.66. The first-order chi connectivity index (χ1) is 8.18. The van der Waals surface area contributed by atoms with Gasteiger partial charge < -0.3 is 10.6 Å². The molecule has 1 fully saturated rings. The summed E-state index contributed by atoms with van der Waals surface area (Å²) >= 11 is 0. The van der Waals surface area contributed by atoms with Crippen LogP contribution in [-0.4, -0.2) is 23.5 Å². The van der Waals surface area contributed by atoms with Gasteiger partial charge in [-0.1, -0.05) is 0 Å². The second-order valence-electron chi connectivity index (χ2n) is 4.66. The molecule has 0 spiro atoms. The summed E-state index contributed by atoms with van der Waals surface area (Å²) in [7, 11) is 0. The average Bonchev–Trinajstić information content (AvgIpc) is 2.74. The molecule has 2 unspecified atom stereocenters. The fourth-order valence-corrected chi connectivity index (χ4v) is 2.21. The van der Waals surface area contributed by atoms with Crippen molar-refractivity contribution in [1.82, 2.24) is 15.6 Å². The van der Waals surface area contributed by atoms with E-state index in [1.807, 2.05) is 19.2 Å². The molecule has 2 rings (SSSR count). The van der Waals surface area contributed by atoms with Gasteiger partial charge in [0.1, 0.15) is 0 Å². The summed E-state index contributed by atoms with van der Waals surface area (Å²) in [6.45, 7) is 5.60. The first-order valence-corrected chi connectivity index (χ1v) is 6.09. The Labute approximate surface area is 102 Å². The summed E-state index contributed by atoms with van der Waals surface area (Å²) in [5.74, 6) is 0.248. The highest BCUT2D eigenvalue weighted by Gasteiger charge is 2.28. The van der Waals surface area contributed by atoms with Crippen molar-refractivity contribution in [3.8, 4) is 0 Å². The third-order valence-corrected chi connectivity index (χ3v) is 3.46. The Morgan fingerprint density at radius 2 is 2.47 bits per heavy atom. The van der Waals surface area contributed by atoms with E-state index in [4.69, 9.17) is 0 Å². The van der Waals surface area contributed by atoms with E-state index >= 15 is 0 Å². The van der Waals surface area contributed by atoms with Crippen LogP contribution in [0.25, 0.3) is 0 Å². The van der Waals surface area contributed by atoms with Gasteiger partial charge in [-0.25, -0.2) is 0 Å². The van der Waals surface area contributed by atoms with Crippen molar-refractivity contribution in [2.24, 2.45) is 5.92 Å². The molecular weight excluding hydrogens is 214 g/mol. The topological polar surface area (TPSA) is 54.0 Å². The van der Waals surface area contributed by atoms with Gasteiger partial charge in [0.25, 0.3) is 0 Å². The van der Waals surface area contributed by atoms with Gasteiger partial charge in [0.2, 0.25) is 5.91 Å². The third kappa shape index (κ3) is 2.82. The minimum absolute atomic E-state index is 0.104. The van der Waals surface area contributed by atoms with Gasteiger partial charge >= 0.3 is 0 Å². The molecule has 92 valence electrons. The van der Waals surface area contributed by atoms with Gasteiger partial charge in [0, 0.05) is 25.0 Å². The molecule has 1 amide bonds. The molecule has 4 nitrogen and oxygen atoms in total. The predicted octanol–water partition coefficient (Wildman–Crippen LogP) is 1.00. The highest BCUT2D eigenvalue weighted by Crippen LogP contribution is 2.15. The van der Waals surface area contributed by atoms with E-state index in [0.29, 0.717) is 6.54 Å². The minimum Gasteiger partial charge on any atom is -0.352 e. The molecule has 0 bridgehead atoms. The number of hydrogen-bond acceptors (Lipinski definition) is 3. The number of carbonyl (C=O) groups excluding carboxylic acids is 1. The summed E-state index contributed by atoms with van der Waals surface area (Å²) < 4.78 is 0. The molecule has 2 N–H and O–H groups in total. The minimum atomic E-state index is 0.104. The molecule has 1 aliphatic heterocycles. The Morgan fingerprint density at radius 1 is 1.65 bits per heavy atom. The maximum absolute atomic E-state index is 12.0. The molecule has 0 radical (unpaired) electrons. The number of hydrogen-bond donors (Lipinski definition) is 2. The van der Waals surface area contributed by atoms with Crippen LogP contribution in [0.3, 0.4) is 0 Å². The summed E-state index contributed by atoms with van der Waals surface area (Å²) in [6.07, 6.45) is 4.51. The number of rotatable bonds is 3. The van der Waals surface area contributed by atoms with Gasteiger partial charge in [-0.05, 0) is 44.0 Å². The maximum atomic E-state index is 12.0. The normalized spacial score (nSPS) is 23.6. The van der Waals surface area contributed by atoms with E-state index < -0.39 is 0 Å². The lowest BCUT2D eigenvalue weighted by molar-refractivity contribution is -0.125. The first-order valence-electron chi connectivity index (χ1n) is 6.09. The maximum Gasteiger partial charge on any atom is 0.224 e. The lowest BCUT2D eigenvalue weighted by Gasteiger charge is -2.15. The molecule has 4 heteroatoms. The predicted molar refractivity (Wildman–Crippen MR) is 66.4 cm³/mol. The van der Waals surface area contributed by atoms with E-state index in [9.17, 15) is 4.79 Å². The zero-order valence-electron chi connectivity index (χ0n) is 10.4. The SMILES string of the molecule is Cc1ccncc1CNC(=O)C1CCNC1C. The average molecular weight is 233 g/mol. The van der Waals surface area contributed by atoms with Crippen LogP contribution in [0.15, 0.2) is 18.5 Å². The number of nitrogens with one attached hydrogen (secondary N) is 2. The highest BCUT2D eigenvalue weighted by atomic mass is 16.1. The van der Waals surface area contributed by atoms with Gasteiger partial charge in [-0.3, -0.25) is 9.78 Å². The van der Waals surface area contributed by atoms with Gasteiger partial charge in [0.05, 0.1) is 5.92 Å². The van der Waals surface area contributed by atoms with Crippen LogP contribution in [0.4, 0.5) is 0 Å². The molecule has 0 saturated carbocycles. The summed E-state index contributed by atoms with van der Waals surface area (Å²) in [6, 6.07) is 2.24. The van der Waals surface area contributed by atoms with E-state index in [2.05, 4.69) is 22.5 Å². The van der Waals surface area contributed by atoms with Crippen molar-refractivity contribution in [3.63, 3.8) is 0 Å². The Balaban J connectivity index is 1.90. The molecule has 1 aromatic heterocycles. The van der Waals surface area contributed by atoms with Gasteiger partial charge in [-0.2, -0.15) is 0 Å². The smallest absolute Gasteiger partial charge is 0.224 e. The molecule has 0 aliphatic carbocycles. The van der Waals surface area contributed by atoms with E-state index in [-0.39, 0.29) is 17.9 Å².